The number of nitrogens with zero attached hydrogens (tertiary/aromatic N) is 1. The van der Waals surface area contributed by atoms with Gasteiger partial charge in [0.05, 0.1) is 12.7 Å². The minimum atomic E-state index is -0.388. The number of aliphatic hydroxyl groups excluding tert-OH is 1. The largest absolute Gasteiger partial charge is 0.389 e. The number of aliphatic hydroxyl groups is 1. The van der Waals surface area contributed by atoms with Crippen LogP contribution >= 0.6 is 11.3 Å². The van der Waals surface area contributed by atoms with Gasteiger partial charge in [0, 0.05) is 30.6 Å². The fourth-order valence-corrected chi connectivity index (χ4v) is 3.54. The van der Waals surface area contributed by atoms with Crippen LogP contribution in [0.4, 0.5) is 0 Å². The molecular weight excluding hydrogens is 258 g/mol. The van der Waals surface area contributed by atoms with E-state index in [0.717, 1.165) is 19.6 Å². The zero-order valence-corrected chi connectivity index (χ0v) is 12.9. The number of β-amino-alcohol motifs (C(OH)–C–C–N with tert-alkyl or cyclic N) is 1. The minimum absolute atomic E-state index is 0.388. The van der Waals surface area contributed by atoms with Crippen LogP contribution in [0.5, 0.6) is 0 Å². The summed E-state index contributed by atoms with van der Waals surface area (Å²) in [5.41, 5.74) is 1.44. The van der Waals surface area contributed by atoms with E-state index in [0.29, 0.717) is 25.1 Å². The third kappa shape index (κ3) is 4.02. The SMILES string of the molecule is CC(C)COC[C@@H](O)CN1CCc2sccc2[C@@H]1C. The Morgan fingerprint density at radius 1 is 1.47 bits per heavy atom. The monoisotopic (exact) mass is 283 g/mol. The lowest BCUT2D eigenvalue weighted by Crippen LogP contribution is -2.40. The van der Waals surface area contributed by atoms with Crippen LogP contribution < -0.4 is 0 Å². The number of hydrogen-bond donors (Lipinski definition) is 1. The Kier molecular flexibility index (Phi) is 5.39. The van der Waals surface area contributed by atoms with Crippen LogP contribution in [0.2, 0.25) is 0 Å². The maximum atomic E-state index is 10.1. The van der Waals surface area contributed by atoms with Gasteiger partial charge in [-0.25, -0.2) is 0 Å². The lowest BCUT2D eigenvalue weighted by molar-refractivity contribution is 0.000889. The molecule has 0 saturated heterocycles. The van der Waals surface area contributed by atoms with E-state index in [-0.39, 0.29) is 6.10 Å². The van der Waals surface area contributed by atoms with Crippen LogP contribution in [0.1, 0.15) is 37.3 Å². The van der Waals surface area contributed by atoms with E-state index in [1.165, 1.54) is 10.4 Å². The Bertz CT molecular complexity index is 391. The van der Waals surface area contributed by atoms with E-state index in [1.54, 1.807) is 0 Å². The summed E-state index contributed by atoms with van der Waals surface area (Å²) in [6.07, 6.45) is 0.720. The molecule has 0 spiro atoms. The summed E-state index contributed by atoms with van der Waals surface area (Å²) in [7, 11) is 0. The highest BCUT2D eigenvalue weighted by Gasteiger charge is 2.26. The molecule has 0 aromatic carbocycles. The Hall–Kier alpha value is -0.420. The van der Waals surface area contributed by atoms with Gasteiger partial charge in [-0.3, -0.25) is 4.90 Å². The van der Waals surface area contributed by atoms with Gasteiger partial charge in [-0.2, -0.15) is 0 Å². The lowest BCUT2D eigenvalue weighted by Gasteiger charge is -2.34. The number of ether oxygens (including phenoxy) is 1. The van der Waals surface area contributed by atoms with Gasteiger partial charge in [0.2, 0.25) is 0 Å². The van der Waals surface area contributed by atoms with Gasteiger partial charge in [-0.1, -0.05) is 13.8 Å². The normalized spacial score (nSPS) is 21.6. The van der Waals surface area contributed by atoms with E-state index >= 15 is 0 Å². The molecule has 1 aliphatic heterocycles. The van der Waals surface area contributed by atoms with E-state index in [9.17, 15) is 5.11 Å². The molecule has 19 heavy (non-hydrogen) atoms. The molecule has 108 valence electrons. The Morgan fingerprint density at radius 3 is 3.00 bits per heavy atom. The third-order valence-electron chi connectivity index (χ3n) is 3.61. The summed E-state index contributed by atoms with van der Waals surface area (Å²) in [6.45, 7) is 9.38. The molecule has 0 aliphatic carbocycles. The average molecular weight is 283 g/mol. The van der Waals surface area contributed by atoms with Crippen molar-refractivity contribution in [1.29, 1.82) is 0 Å². The smallest absolute Gasteiger partial charge is 0.0900 e. The molecule has 0 unspecified atom stereocenters. The predicted octanol–water partition coefficient (Wildman–Crippen LogP) is 2.70. The molecule has 0 fully saturated rings. The van der Waals surface area contributed by atoms with Crippen LogP contribution in [-0.4, -0.2) is 42.4 Å². The third-order valence-corrected chi connectivity index (χ3v) is 4.61. The molecule has 1 N–H and O–H groups in total. The zero-order valence-electron chi connectivity index (χ0n) is 12.1. The summed E-state index contributed by atoms with van der Waals surface area (Å²) >= 11 is 1.85. The zero-order chi connectivity index (χ0) is 13.8. The quantitative estimate of drug-likeness (QED) is 0.871. The van der Waals surface area contributed by atoms with Gasteiger partial charge in [-0.15, -0.1) is 11.3 Å². The van der Waals surface area contributed by atoms with Gasteiger partial charge < -0.3 is 9.84 Å². The standard InChI is InChI=1S/C15H25NO2S/c1-11(2)9-18-10-13(17)8-16-6-4-15-14(12(16)3)5-7-19-15/h5,7,11-13,17H,4,6,8-10H2,1-3H3/t12-,13-/m0/s1. The molecule has 1 aromatic heterocycles. The van der Waals surface area contributed by atoms with Crippen LogP contribution in [0.25, 0.3) is 0 Å². The molecular formula is C15H25NO2S. The Labute approximate surface area is 120 Å². The lowest BCUT2D eigenvalue weighted by atomic mass is 10.0. The fourth-order valence-electron chi connectivity index (χ4n) is 2.57. The van der Waals surface area contributed by atoms with Crippen molar-refractivity contribution in [2.45, 2.75) is 39.3 Å². The van der Waals surface area contributed by atoms with Gasteiger partial charge in [0.15, 0.2) is 0 Å². The van der Waals surface area contributed by atoms with Crippen molar-refractivity contribution >= 4 is 11.3 Å². The van der Waals surface area contributed by atoms with Crippen LogP contribution in [0.3, 0.4) is 0 Å². The van der Waals surface area contributed by atoms with Gasteiger partial charge in [0.25, 0.3) is 0 Å². The molecule has 0 bridgehead atoms. The second-order valence-electron chi connectivity index (χ2n) is 5.81. The van der Waals surface area contributed by atoms with E-state index in [4.69, 9.17) is 4.74 Å². The highest BCUT2D eigenvalue weighted by atomic mass is 32.1. The van der Waals surface area contributed by atoms with Crippen LogP contribution in [0, 0.1) is 5.92 Å². The highest BCUT2D eigenvalue weighted by Crippen LogP contribution is 2.32. The average Bonchev–Trinajstić information content (AvgIpc) is 2.81. The Morgan fingerprint density at radius 2 is 2.26 bits per heavy atom. The topological polar surface area (TPSA) is 32.7 Å². The summed E-state index contributed by atoms with van der Waals surface area (Å²) in [5, 5.41) is 12.2. The number of rotatable bonds is 6. The maximum Gasteiger partial charge on any atom is 0.0900 e. The molecule has 1 aliphatic rings. The summed E-state index contributed by atoms with van der Waals surface area (Å²) in [6, 6.07) is 2.63. The first-order chi connectivity index (χ1) is 9.08. The molecule has 0 saturated carbocycles. The van der Waals surface area contributed by atoms with E-state index in [1.807, 2.05) is 11.3 Å². The molecule has 2 rings (SSSR count). The maximum absolute atomic E-state index is 10.1. The van der Waals surface area contributed by atoms with Gasteiger partial charge in [-0.05, 0) is 36.3 Å². The molecule has 0 radical (unpaired) electrons. The molecule has 3 nitrogen and oxygen atoms in total. The second-order valence-corrected chi connectivity index (χ2v) is 6.81. The second kappa shape index (κ2) is 6.84. The minimum Gasteiger partial charge on any atom is -0.389 e. The number of fused-ring (bicyclic) bond motifs is 1. The van der Waals surface area contributed by atoms with Gasteiger partial charge >= 0.3 is 0 Å². The predicted molar refractivity (Wildman–Crippen MR) is 79.7 cm³/mol. The molecule has 2 heterocycles. The Balaban J connectivity index is 1.80. The van der Waals surface area contributed by atoms with Crippen molar-refractivity contribution in [2.24, 2.45) is 5.92 Å². The number of thiophene rings is 1. The number of hydrogen-bond acceptors (Lipinski definition) is 4. The van der Waals surface area contributed by atoms with Crippen molar-refractivity contribution in [3.63, 3.8) is 0 Å². The van der Waals surface area contributed by atoms with Crippen molar-refractivity contribution in [2.75, 3.05) is 26.3 Å². The molecule has 1 aromatic rings. The molecule has 0 amide bonds. The first-order valence-corrected chi connectivity index (χ1v) is 8.02. The van der Waals surface area contributed by atoms with Gasteiger partial charge in [0.1, 0.15) is 0 Å². The first-order valence-electron chi connectivity index (χ1n) is 7.14. The summed E-state index contributed by atoms with van der Waals surface area (Å²) < 4.78 is 5.51. The van der Waals surface area contributed by atoms with E-state index in [2.05, 4.69) is 37.1 Å². The summed E-state index contributed by atoms with van der Waals surface area (Å²) in [4.78, 5) is 3.87. The van der Waals surface area contributed by atoms with Crippen molar-refractivity contribution in [3.05, 3.63) is 21.9 Å². The highest BCUT2D eigenvalue weighted by molar-refractivity contribution is 7.10. The van der Waals surface area contributed by atoms with Crippen LogP contribution in [0.15, 0.2) is 11.4 Å². The first kappa shape index (κ1) is 15.0. The summed E-state index contributed by atoms with van der Waals surface area (Å²) in [5.74, 6) is 0.523. The van der Waals surface area contributed by atoms with E-state index < -0.39 is 0 Å². The van der Waals surface area contributed by atoms with Crippen molar-refractivity contribution in [1.82, 2.24) is 4.90 Å². The van der Waals surface area contributed by atoms with Crippen LogP contribution in [-0.2, 0) is 11.2 Å². The molecule has 2 atom stereocenters. The molecule has 4 heteroatoms. The van der Waals surface area contributed by atoms with Crippen molar-refractivity contribution in [3.8, 4) is 0 Å². The van der Waals surface area contributed by atoms with Crippen molar-refractivity contribution < 1.29 is 9.84 Å². The fraction of sp³-hybridized carbons (Fsp3) is 0.733.